The van der Waals surface area contributed by atoms with Crippen LogP contribution in [0.4, 0.5) is 0 Å². The van der Waals surface area contributed by atoms with E-state index in [4.69, 9.17) is 0 Å². The predicted octanol–water partition coefficient (Wildman–Crippen LogP) is 4.45. The number of carbonyl (C=O) groups is 1. The van der Waals surface area contributed by atoms with Crippen molar-refractivity contribution in [3.8, 4) is 6.07 Å². The Morgan fingerprint density at radius 2 is 2.04 bits per heavy atom. The fraction of sp³-hybridized carbons (Fsp3) is 0.550. The Morgan fingerprint density at radius 1 is 1.30 bits per heavy atom. The van der Waals surface area contributed by atoms with Gasteiger partial charge in [-0.2, -0.15) is 5.26 Å². The van der Waals surface area contributed by atoms with Crippen molar-refractivity contribution in [2.45, 2.75) is 58.3 Å². The largest absolute Gasteiger partial charge is 0.273 e. The third kappa shape index (κ3) is 2.95. The topological polar surface area (TPSA) is 53.2 Å². The van der Waals surface area contributed by atoms with Crippen molar-refractivity contribution in [1.82, 2.24) is 0 Å². The molecular formula is C20H24N2O. The lowest BCUT2D eigenvalue weighted by atomic mass is 9.58. The van der Waals surface area contributed by atoms with Gasteiger partial charge < -0.3 is 0 Å². The summed E-state index contributed by atoms with van der Waals surface area (Å²) in [5, 5.41) is 9.91. The molecule has 1 aromatic carbocycles. The number of benzene rings is 1. The molecule has 23 heavy (non-hydrogen) atoms. The van der Waals surface area contributed by atoms with Crippen LogP contribution in [-0.2, 0) is 11.2 Å². The van der Waals surface area contributed by atoms with Crippen LogP contribution in [0.1, 0.15) is 63.0 Å². The first-order valence-corrected chi connectivity index (χ1v) is 8.79. The van der Waals surface area contributed by atoms with Gasteiger partial charge in [0.2, 0.25) is 5.91 Å². The van der Waals surface area contributed by atoms with E-state index in [2.05, 4.69) is 17.1 Å². The van der Waals surface area contributed by atoms with E-state index in [0.717, 1.165) is 37.0 Å². The summed E-state index contributed by atoms with van der Waals surface area (Å²) in [6.45, 7) is 1.98. The monoisotopic (exact) mass is 308 g/mol. The minimum atomic E-state index is -0.251. The fourth-order valence-corrected chi connectivity index (χ4v) is 4.30. The summed E-state index contributed by atoms with van der Waals surface area (Å²) in [6, 6.07) is 10.7. The molecule has 3 rings (SSSR count). The Balaban J connectivity index is 2.10. The predicted molar refractivity (Wildman–Crippen MR) is 91.2 cm³/mol. The van der Waals surface area contributed by atoms with Crippen LogP contribution in [0, 0.1) is 22.7 Å². The van der Waals surface area contributed by atoms with E-state index in [1.807, 2.05) is 25.1 Å². The number of fused-ring (bicyclic) bond motifs is 1. The smallest absolute Gasteiger partial charge is 0.245 e. The van der Waals surface area contributed by atoms with E-state index < -0.39 is 0 Å². The van der Waals surface area contributed by atoms with E-state index in [0.29, 0.717) is 6.42 Å². The maximum atomic E-state index is 12.2. The first kappa shape index (κ1) is 15.9. The summed E-state index contributed by atoms with van der Waals surface area (Å²) in [5.41, 5.74) is 2.98. The Hall–Kier alpha value is -1.95. The molecule has 120 valence electrons. The highest BCUT2D eigenvalue weighted by molar-refractivity contribution is 6.11. The summed E-state index contributed by atoms with van der Waals surface area (Å²) in [4.78, 5) is 16.6. The lowest BCUT2D eigenvalue weighted by Crippen LogP contribution is -2.43. The minimum absolute atomic E-state index is 0.0211. The van der Waals surface area contributed by atoms with Gasteiger partial charge in [-0.1, -0.05) is 50.5 Å². The molecule has 3 nitrogen and oxygen atoms in total. The third-order valence-electron chi connectivity index (χ3n) is 5.41. The molecule has 3 heteroatoms. The van der Waals surface area contributed by atoms with Gasteiger partial charge in [-0.3, -0.25) is 4.79 Å². The van der Waals surface area contributed by atoms with Crippen molar-refractivity contribution in [3.63, 3.8) is 0 Å². The number of rotatable bonds is 2. The Labute approximate surface area is 138 Å². The molecular weight excluding hydrogens is 284 g/mol. The average Bonchev–Trinajstić information content (AvgIpc) is 2.56. The maximum Gasteiger partial charge on any atom is 0.245 e. The van der Waals surface area contributed by atoms with E-state index in [1.54, 1.807) is 0 Å². The lowest BCUT2D eigenvalue weighted by molar-refractivity contribution is -0.117. The van der Waals surface area contributed by atoms with Crippen LogP contribution in [0.15, 0.2) is 29.3 Å². The third-order valence-corrected chi connectivity index (χ3v) is 5.41. The zero-order chi connectivity index (χ0) is 16.3. The van der Waals surface area contributed by atoms with Crippen molar-refractivity contribution >= 4 is 11.6 Å². The number of hydrogen-bond acceptors (Lipinski definition) is 2. The Bertz CT molecular complexity index is 662. The number of hydrogen-bond donors (Lipinski definition) is 0. The molecule has 1 unspecified atom stereocenters. The van der Waals surface area contributed by atoms with Crippen molar-refractivity contribution < 1.29 is 4.79 Å². The van der Waals surface area contributed by atoms with Crippen LogP contribution in [0.3, 0.4) is 0 Å². The first-order valence-electron chi connectivity index (χ1n) is 8.79. The molecule has 0 N–H and O–H groups in total. The molecule has 2 aliphatic carbocycles. The van der Waals surface area contributed by atoms with Crippen LogP contribution in [0.2, 0.25) is 0 Å². The zero-order valence-electron chi connectivity index (χ0n) is 13.8. The number of nitrogens with zero attached hydrogens (tertiary/aromatic N) is 2. The highest BCUT2D eigenvalue weighted by atomic mass is 16.1. The SMILES string of the molecule is CCCC(=O)N=C1c2ccccc2CC2(CCCCC2)C1C#N. The van der Waals surface area contributed by atoms with E-state index >= 15 is 0 Å². The molecule has 0 bridgehead atoms. The normalized spacial score (nSPS) is 24.2. The lowest BCUT2D eigenvalue weighted by Gasteiger charge is -2.45. The zero-order valence-corrected chi connectivity index (χ0v) is 13.8. The summed E-state index contributed by atoms with van der Waals surface area (Å²) in [6.07, 6.45) is 7.94. The molecule has 0 aliphatic heterocycles. The van der Waals surface area contributed by atoms with Gasteiger partial charge >= 0.3 is 0 Å². The van der Waals surface area contributed by atoms with E-state index in [9.17, 15) is 10.1 Å². The minimum Gasteiger partial charge on any atom is -0.273 e. The second-order valence-corrected chi connectivity index (χ2v) is 6.96. The van der Waals surface area contributed by atoms with Crippen LogP contribution in [0.5, 0.6) is 0 Å². The fourth-order valence-electron chi connectivity index (χ4n) is 4.30. The van der Waals surface area contributed by atoms with E-state index in [1.165, 1.54) is 24.8 Å². The average molecular weight is 308 g/mol. The van der Waals surface area contributed by atoms with Gasteiger partial charge in [0.25, 0.3) is 0 Å². The first-order chi connectivity index (χ1) is 11.2. The second kappa shape index (κ2) is 6.66. The highest BCUT2D eigenvalue weighted by Gasteiger charge is 2.46. The van der Waals surface area contributed by atoms with Crippen LogP contribution >= 0.6 is 0 Å². The molecule has 2 aliphatic rings. The molecule has 1 amide bonds. The molecule has 1 atom stereocenters. The van der Waals surface area contributed by atoms with Gasteiger partial charge in [0, 0.05) is 12.0 Å². The quantitative estimate of drug-likeness (QED) is 0.810. The molecule has 0 heterocycles. The van der Waals surface area contributed by atoms with Gasteiger partial charge in [-0.25, -0.2) is 4.99 Å². The number of carbonyl (C=O) groups excluding carboxylic acids is 1. The number of nitriles is 1. The van der Waals surface area contributed by atoms with Gasteiger partial charge in [0.05, 0.1) is 17.7 Å². The second-order valence-electron chi connectivity index (χ2n) is 6.96. The van der Waals surface area contributed by atoms with Crippen molar-refractivity contribution in [3.05, 3.63) is 35.4 Å². The van der Waals surface area contributed by atoms with Crippen LogP contribution in [0.25, 0.3) is 0 Å². The van der Waals surface area contributed by atoms with Crippen molar-refractivity contribution in [1.29, 1.82) is 5.26 Å². The number of aliphatic imine (C=N–C) groups is 1. The number of amides is 1. The van der Waals surface area contributed by atoms with Crippen LogP contribution in [-0.4, -0.2) is 11.6 Å². The van der Waals surface area contributed by atoms with Gasteiger partial charge in [-0.15, -0.1) is 0 Å². The van der Waals surface area contributed by atoms with Crippen LogP contribution < -0.4 is 0 Å². The van der Waals surface area contributed by atoms with Gasteiger partial charge in [0.1, 0.15) is 0 Å². The molecule has 1 fully saturated rings. The Morgan fingerprint density at radius 3 is 2.74 bits per heavy atom. The maximum absolute atomic E-state index is 12.2. The highest BCUT2D eigenvalue weighted by Crippen LogP contribution is 2.49. The molecule has 0 aromatic heterocycles. The summed E-state index contributed by atoms with van der Waals surface area (Å²) in [7, 11) is 0. The van der Waals surface area contributed by atoms with Crippen molar-refractivity contribution in [2.75, 3.05) is 0 Å². The molecule has 1 spiro atoms. The van der Waals surface area contributed by atoms with Gasteiger partial charge in [-0.05, 0) is 36.7 Å². The molecule has 1 saturated carbocycles. The van der Waals surface area contributed by atoms with E-state index in [-0.39, 0.29) is 17.2 Å². The standard InChI is InChI=1S/C20H24N2O/c1-2-8-18(23)22-19-16-10-5-4-9-15(16)13-20(17(19)14-21)11-6-3-7-12-20/h4-5,9-10,17H,2-3,6-8,11-13H2,1H3. The van der Waals surface area contributed by atoms with Crippen molar-refractivity contribution in [2.24, 2.45) is 16.3 Å². The summed E-state index contributed by atoms with van der Waals surface area (Å²) in [5.74, 6) is -0.344. The summed E-state index contributed by atoms with van der Waals surface area (Å²) < 4.78 is 0. The molecule has 0 saturated heterocycles. The molecule has 0 radical (unpaired) electrons. The van der Waals surface area contributed by atoms with Gasteiger partial charge in [0.15, 0.2) is 0 Å². The summed E-state index contributed by atoms with van der Waals surface area (Å²) >= 11 is 0. The Kier molecular flexibility index (Phi) is 4.61. The molecule has 1 aromatic rings.